The Labute approximate surface area is 130 Å². The van der Waals surface area contributed by atoms with Gasteiger partial charge in [-0.3, -0.25) is 4.79 Å². The topological polar surface area (TPSA) is 44.7 Å². The lowest BCUT2D eigenvalue weighted by Crippen LogP contribution is -2.35. The number of rotatable bonds is 3. The maximum absolute atomic E-state index is 12.0. The molecule has 8 heteroatoms. The van der Waals surface area contributed by atoms with Gasteiger partial charge in [-0.05, 0) is 6.07 Å². The Morgan fingerprint density at radius 3 is 2.77 bits per heavy atom. The van der Waals surface area contributed by atoms with Crippen molar-refractivity contribution in [2.24, 2.45) is 4.99 Å². The molecule has 1 N–H and O–H groups in total. The van der Waals surface area contributed by atoms with Crippen LogP contribution in [0.2, 0.25) is 0 Å². The summed E-state index contributed by atoms with van der Waals surface area (Å²) in [6, 6.07) is 7.41. The van der Waals surface area contributed by atoms with Gasteiger partial charge in [0.2, 0.25) is 5.91 Å². The van der Waals surface area contributed by atoms with Gasteiger partial charge in [0, 0.05) is 18.3 Å². The first-order valence-electron chi connectivity index (χ1n) is 6.35. The van der Waals surface area contributed by atoms with E-state index in [9.17, 15) is 18.0 Å². The predicted molar refractivity (Wildman–Crippen MR) is 81.9 cm³/mol. The van der Waals surface area contributed by atoms with E-state index in [0.29, 0.717) is 5.17 Å². The van der Waals surface area contributed by atoms with E-state index in [1.54, 1.807) is 11.9 Å². The Morgan fingerprint density at radius 2 is 2.09 bits per heavy atom. The van der Waals surface area contributed by atoms with Gasteiger partial charge < -0.3 is 10.2 Å². The summed E-state index contributed by atoms with van der Waals surface area (Å²) in [5.74, 6) is -0.836. The number of fused-ring (bicyclic) bond motifs is 1. The van der Waals surface area contributed by atoms with Gasteiger partial charge in [-0.25, -0.2) is 4.99 Å². The highest BCUT2D eigenvalue weighted by Gasteiger charge is 2.28. The highest BCUT2D eigenvalue weighted by molar-refractivity contribution is 8.14. The third kappa shape index (κ3) is 4.03. The van der Waals surface area contributed by atoms with Crippen LogP contribution < -0.4 is 5.32 Å². The standard InChI is InChI=1S/C14H14F3N3OS/c1-9-10-5-3-4-6-11(10)19-13(20(9)2)22-7-12(21)18-8-14(15,16)17/h3-6H,1,7-8H2,2H3,(H,18,21). The summed E-state index contributed by atoms with van der Waals surface area (Å²) in [7, 11) is 1.75. The van der Waals surface area contributed by atoms with Gasteiger partial charge in [0.25, 0.3) is 0 Å². The Morgan fingerprint density at radius 1 is 1.41 bits per heavy atom. The van der Waals surface area contributed by atoms with E-state index in [-0.39, 0.29) is 5.75 Å². The van der Waals surface area contributed by atoms with Crippen LogP contribution >= 0.6 is 11.8 Å². The number of hydrogen-bond donors (Lipinski definition) is 1. The highest BCUT2D eigenvalue weighted by atomic mass is 32.2. The van der Waals surface area contributed by atoms with E-state index < -0.39 is 18.6 Å². The van der Waals surface area contributed by atoms with Gasteiger partial charge in [0.05, 0.1) is 11.4 Å². The Bertz CT molecular complexity index is 628. The number of aliphatic imine (C=N–C) groups is 1. The smallest absolute Gasteiger partial charge is 0.346 e. The van der Waals surface area contributed by atoms with Crippen LogP contribution in [0.5, 0.6) is 0 Å². The van der Waals surface area contributed by atoms with Crippen molar-refractivity contribution in [2.75, 3.05) is 19.3 Å². The van der Waals surface area contributed by atoms with Gasteiger partial charge in [-0.2, -0.15) is 13.2 Å². The van der Waals surface area contributed by atoms with Gasteiger partial charge in [0.1, 0.15) is 6.54 Å². The second kappa shape index (κ2) is 6.43. The number of para-hydroxylation sites is 1. The Kier molecular flexibility index (Phi) is 4.80. The molecule has 0 spiro atoms. The Balaban J connectivity index is 2.00. The molecule has 0 aliphatic carbocycles. The number of alkyl halides is 3. The maximum atomic E-state index is 12.0. The van der Waals surface area contributed by atoms with E-state index in [4.69, 9.17) is 0 Å². The number of nitrogens with one attached hydrogen (secondary N) is 1. The molecule has 1 aliphatic rings. The van der Waals surface area contributed by atoms with Crippen LogP contribution in [0.4, 0.5) is 18.9 Å². The largest absolute Gasteiger partial charge is 0.405 e. The number of amides is 1. The number of thioether (sulfide) groups is 1. The lowest BCUT2D eigenvalue weighted by atomic mass is 10.1. The minimum atomic E-state index is -4.41. The first kappa shape index (κ1) is 16.4. The summed E-state index contributed by atoms with van der Waals surface area (Å²) in [5, 5.41) is 2.35. The third-order valence-electron chi connectivity index (χ3n) is 2.94. The third-order valence-corrected chi connectivity index (χ3v) is 3.97. The molecule has 0 fully saturated rings. The number of carbonyl (C=O) groups is 1. The molecule has 1 aromatic rings. The number of halogens is 3. The van der Waals surface area contributed by atoms with E-state index >= 15 is 0 Å². The van der Waals surface area contributed by atoms with Gasteiger partial charge in [-0.1, -0.05) is 36.5 Å². The van der Waals surface area contributed by atoms with Gasteiger partial charge in [-0.15, -0.1) is 0 Å². The monoisotopic (exact) mass is 329 g/mol. The quantitative estimate of drug-likeness (QED) is 0.927. The van der Waals surface area contributed by atoms with Crippen molar-refractivity contribution in [3.8, 4) is 0 Å². The van der Waals surface area contributed by atoms with E-state index in [1.807, 2.05) is 29.6 Å². The molecule has 0 radical (unpaired) electrons. The fraction of sp³-hybridized carbons (Fsp3) is 0.286. The zero-order valence-corrected chi connectivity index (χ0v) is 12.6. The van der Waals surface area contributed by atoms with E-state index in [0.717, 1.165) is 28.7 Å². The van der Waals surface area contributed by atoms with Crippen molar-refractivity contribution in [3.05, 3.63) is 36.4 Å². The molecule has 22 heavy (non-hydrogen) atoms. The van der Waals surface area contributed by atoms with Crippen LogP contribution in [0.15, 0.2) is 35.8 Å². The molecule has 1 aliphatic heterocycles. The van der Waals surface area contributed by atoms with E-state index in [2.05, 4.69) is 11.6 Å². The molecule has 0 saturated carbocycles. The minimum absolute atomic E-state index is 0.144. The van der Waals surface area contributed by atoms with Crippen LogP contribution in [0.3, 0.4) is 0 Å². The molecular weight excluding hydrogens is 315 g/mol. The molecule has 2 rings (SSSR count). The van der Waals surface area contributed by atoms with Gasteiger partial charge in [0.15, 0.2) is 5.17 Å². The lowest BCUT2D eigenvalue weighted by Gasteiger charge is -2.28. The summed E-state index contributed by atoms with van der Waals surface area (Å²) in [6.45, 7) is 2.64. The summed E-state index contributed by atoms with van der Waals surface area (Å²) in [5.41, 5.74) is 2.34. The molecule has 4 nitrogen and oxygen atoms in total. The van der Waals surface area contributed by atoms with Crippen molar-refractivity contribution >= 4 is 34.2 Å². The molecule has 0 atom stereocenters. The van der Waals surface area contributed by atoms with Crippen molar-refractivity contribution in [1.29, 1.82) is 0 Å². The number of nitrogens with zero attached hydrogens (tertiary/aromatic N) is 2. The van der Waals surface area contributed by atoms with Crippen LogP contribution in [0.1, 0.15) is 5.56 Å². The predicted octanol–water partition coefficient (Wildman–Crippen LogP) is 3.00. The maximum Gasteiger partial charge on any atom is 0.405 e. The van der Waals surface area contributed by atoms with Crippen LogP contribution in [-0.2, 0) is 4.79 Å². The zero-order chi connectivity index (χ0) is 16.3. The molecule has 0 saturated heterocycles. The average Bonchev–Trinajstić information content (AvgIpc) is 2.46. The molecule has 1 amide bonds. The summed E-state index contributed by atoms with van der Waals surface area (Å²) in [4.78, 5) is 17.6. The lowest BCUT2D eigenvalue weighted by molar-refractivity contribution is -0.136. The van der Waals surface area contributed by atoms with Crippen LogP contribution in [0, 0.1) is 0 Å². The normalized spacial score (nSPS) is 14.5. The molecule has 0 unspecified atom stereocenters. The molecular formula is C14H14F3N3OS. The number of hydrogen-bond acceptors (Lipinski definition) is 4. The fourth-order valence-corrected chi connectivity index (χ4v) is 2.63. The SMILES string of the molecule is C=C1c2ccccc2N=C(SCC(=O)NCC(F)(F)F)N1C. The molecule has 0 aromatic heterocycles. The number of amidine groups is 1. The average molecular weight is 329 g/mol. The first-order valence-corrected chi connectivity index (χ1v) is 7.33. The molecule has 118 valence electrons. The van der Waals surface area contributed by atoms with Crippen LogP contribution in [0.25, 0.3) is 5.70 Å². The van der Waals surface area contributed by atoms with Crippen molar-refractivity contribution in [2.45, 2.75) is 6.18 Å². The second-order valence-corrected chi connectivity index (χ2v) is 5.54. The zero-order valence-electron chi connectivity index (χ0n) is 11.8. The Hall–Kier alpha value is -1.96. The number of benzene rings is 1. The van der Waals surface area contributed by atoms with Crippen LogP contribution in [-0.4, -0.2) is 41.5 Å². The summed E-state index contributed by atoms with van der Waals surface area (Å²) < 4.78 is 36.1. The number of carbonyl (C=O) groups excluding carboxylic acids is 1. The fourth-order valence-electron chi connectivity index (χ4n) is 1.80. The summed E-state index contributed by atoms with van der Waals surface area (Å²) in [6.07, 6.45) is -4.41. The van der Waals surface area contributed by atoms with Gasteiger partial charge >= 0.3 is 6.18 Å². The second-order valence-electron chi connectivity index (χ2n) is 4.60. The highest BCUT2D eigenvalue weighted by Crippen LogP contribution is 2.34. The summed E-state index contributed by atoms with van der Waals surface area (Å²) >= 11 is 1.07. The van der Waals surface area contributed by atoms with Crippen molar-refractivity contribution < 1.29 is 18.0 Å². The van der Waals surface area contributed by atoms with Crippen molar-refractivity contribution in [1.82, 2.24) is 10.2 Å². The first-order chi connectivity index (χ1) is 10.3. The van der Waals surface area contributed by atoms with Crippen molar-refractivity contribution in [3.63, 3.8) is 0 Å². The molecule has 0 bridgehead atoms. The molecule has 1 heterocycles. The minimum Gasteiger partial charge on any atom is -0.346 e. The molecule has 1 aromatic carbocycles. The van der Waals surface area contributed by atoms with E-state index in [1.165, 1.54) is 0 Å².